The first-order chi connectivity index (χ1) is 12.8. The third kappa shape index (κ3) is 11.3. The Bertz CT molecular complexity index is 407. The number of hydrogen-bond donors (Lipinski definition) is 0. The molecule has 0 bridgehead atoms. The summed E-state index contributed by atoms with van der Waals surface area (Å²) in [7, 11) is 1.62. The summed E-state index contributed by atoms with van der Waals surface area (Å²) in [4.78, 5) is 25.0. The zero-order valence-electron chi connectivity index (χ0n) is 18.0. The van der Waals surface area contributed by atoms with Gasteiger partial charge in [-0.15, -0.1) is 0 Å². The van der Waals surface area contributed by atoms with Crippen LogP contribution in [0.5, 0.6) is 0 Å². The molecular weight excluding hydrogens is 350 g/mol. The maximum atomic E-state index is 11.6. The highest BCUT2D eigenvalue weighted by Crippen LogP contribution is 2.21. The van der Waals surface area contributed by atoms with E-state index in [1.54, 1.807) is 7.11 Å². The van der Waals surface area contributed by atoms with Gasteiger partial charge < -0.3 is 23.8 Å². The molecule has 0 N–H and O–H groups in total. The Morgan fingerprint density at radius 2 is 1.67 bits per heavy atom. The minimum Gasteiger partial charge on any atom is -0.463 e. The quantitative estimate of drug-likeness (QED) is 0.422. The summed E-state index contributed by atoms with van der Waals surface area (Å²) in [6.45, 7) is 14.5. The molecule has 1 rings (SSSR count). The zero-order chi connectivity index (χ0) is 20.7. The second-order valence-corrected chi connectivity index (χ2v) is 7.23. The molecule has 0 saturated carbocycles. The second-order valence-electron chi connectivity index (χ2n) is 7.23. The van der Waals surface area contributed by atoms with Crippen LogP contribution < -0.4 is 0 Å². The van der Waals surface area contributed by atoms with Crippen molar-refractivity contribution in [2.24, 2.45) is 11.3 Å². The van der Waals surface area contributed by atoms with Gasteiger partial charge in [0.2, 0.25) is 5.91 Å². The number of morpholine rings is 1. The lowest BCUT2D eigenvalue weighted by Gasteiger charge is -2.28. The topological polar surface area (TPSA) is 74.3 Å². The summed E-state index contributed by atoms with van der Waals surface area (Å²) < 4.78 is 20.2. The molecule has 1 aliphatic rings. The van der Waals surface area contributed by atoms with Crippen molar-refractivity contribution in [2.45, 2.75) is 47.5 Å². The zero-order valence-corrected chi connectivity index (χ0v) is 18.0. The normalized spacial score (nSPS) is 15.6. The number of esters is 1. The molecule has 7 heteroatoms. The first kappa shape index (κ1) is 25.8. The molecule has 27 heavy (non-hydrogen) atoms. The van der Waals surface area contributed by atoms with Gasteiger partial charge in [0, 0.05) is 26.1 Å². The summed E-state index contributed by atoms with van der Waals surface area (Å²) in [5.74, 6) is 0.282. The molecule has 1 fully saturated rings. The molecule has 1 saturated heterocycles. The van der Waals surface area contributed by atoms with Gasteiger partial charge in [-0.1, -0.05) is 20.8 Å². The van der Waals surface area contributed by atoms with Crippen LogP contribution in [0.1, 0.15) is 47.5 Å². The van der Waals surface area contributed by atoms with Crippen LogP contribution in [0.25, 0.3) is 0 Å². The first-order valence-corrected chi connectivity index (χ1v) is 9.90. The fourth-order valence-electron chi connectivity index (χ4n) is 2.05. The van der Waals surface area contributed by atoms with E-state index >= 15 is 0 Å². The Morgan fingerprint density at radius 1 is 1.07 bits per heavy atom. The van der Waals surface area contributed by atoms with Gasteiger partial charge in [0.05, 0.1) is 38.4 Å². The van der Waals surface area contributed by atoms with E-state index in [1.807, 2.05) is 39.5 Å². The average Bonchev–Trinajstić information content (AvgIpc) is 2.70. The SMILES string of the molecule is CCC(C)(C)C(=O)OCCOCCOC.CCC(C)C(=O)N1CCOCC1. The standard InChI is InChI=1S/C11H22O4.C9H17NO2/c1-5-11(2,3)10(12)15-9-8-14-7-6-13-4;1-3-8(2)9(11)10-4-6-12-7-5-10/h5-9H2,1-4H3;8H,3-7H2,1-2H3. The minimum absolute atomic E-state index is 0.166. The Labute approximate surface area is 164 Å². The molecule has 0 radical (unpaired) electrons. The van der Waals surface area contributed by atoms with Crippen molar-refractivity contribution < 1.29 is 28.5 Å². The number of nitrogens with zero attached hydrogens (tertiary/aromatic N) is 1. The third-order valence-corrected chi connectivity index (χ3v) is 4.69. The smallest absolute Gasteiger partial charge is 0.311 e. The van der Waals surface area contributed by atoms with Crippen molar-refractivity contribution >= 4 is 11.9 Å². The predicted octanol–water partition coefficient (Wildman–Crippen LogP) is 2.52. The molecule has 1 atom stereocenters. The van der Waals surface area contributed by atoms with Gasteiger partial charge in [0.25, 0.3) is 0 Å². The highest BCUT2D eigenvalue weighted by atomic mass is 16.6. The second kappa shape index (κ2) is 14.8. The Kier molecular flexibility index (Phi) is 14.2. The Balaban J connectivity index is 0.000000511. The molecule has 1 heterocycles. The number of amides is 1. The molecule has 1 aliphatic heterocycles. The number of carbonyl (C=O) groups excluding carboxylic acids is 2. The van der Waals surface area contributed by atoms with Crippen molar-refractivity contribution in [3.8, 4) is 0 Å². The van der Waals surface area contributed by atoms with Gasteiger partial charge in [-0.3, -0.25) is 9.59 Å². The molecule has 0 aliphatic carbocycles. The van der Waals surface area contributed by atoms with Gasteiger partial charge in [0.1, 0.15) is 6.61 Å². The van der Waals surface area contributed by atoms with Crippen LogP contribution in [-0.4, -0.2) is 76.6 Å². The summed E-state index contributed by atoms with van der Waals surface area (Å²) in [5.41, 5.74) is -0.396. The van der Waals surface area contributed by atoms with Crippen molar-refractivity contribution in [1.29, 1.82) is 0 Å². The van der Waals surface area contributed by atoms with Crippen LogP contribution in [-0.2, 0) is 28.5 Å². The van der Waals surface area contributed by atoms with E-state index in [0.717, 1.165) is 25.9 Å². The van der Waals surface area contributed by atoms with Gasteiger partial charge in [-0.05, 0) is 26.7 Å². The summed E-state index contributed by atoms with van der Waals surface area (Å²) in [6, 6.07) is 0. The molecule has 0 aromatic carbocycles. The number of hydrogen-bond acceptors (Lipinski definition) is 6. The van der Waals surface area contributed by atoms with E-state index in [0.29, 0.717) is 39.6 Å². The minimum atomic E-state index is -0.396. The first-order valence-electron chi connectivity index (χ1n) is 9.90. The van der Waals surface area contributed by atoms with Gasteiger partial charge >= 0.3 is 5.97 Å². The fraction of sp³-hybridized carbons (Fsp3) is 0.900. The predicted molar refractivity (Wildman–Crippen MR) is 105 cm³/mol. The van der Waals surface area contributed by atoms with E-state index in [-0.39, 0.29) is 17.8 Å². The number of rotatable bonds is 10. The van der Waals surface area contributed by atoms with Crippen molar-refractivity contribution in [3.63, 3.8) is 0 Å². The fourth-order valence-corrected chi connectivity index (χ4v) is 2.05. The van der Waals surface area contributed by atoms with Crippen LogP contribution in [0, 0.1) is 11.3 Å². The van der Waals surface area contributed by atoms with E-state index in [2.05, 4.69) is 0 Å². The van der Waals surface area contributed by atoms with Gasteiger partial charge in [0.15, 0.2) is 0 Å². The van der Waals surface area contributed by atoms with E-state index in [1.165, 1.54) is 0 Å². The highest BCUT2D eigenvalue weighted by Gasteiger charge is 2.26. The van der Waals surface area contributed by atoms with Crippen LogP contribution in [0.3, 0.4) is 0 Å². The number of methoxy groups -OCH3 is 1. The molecule has 0 aromatic rings. The van der Waals surface area contributed by atoms with Gasteiger partial charge in [-0.2, -0.15) is 0 Å². The van der Waals surface area contributed by atoms with E-state index in [4.69, 9.17) is 18.9 Å². The van der Waals surface area contributed by atoms with Crippen LogP contribution >= 0.6 is 0 Å². The van der Waals surface area contributed by atoms with Crippen LogP contribution in [0.15, 0.2) is 0 Å². The summed E-state index contributed by atoms with van der Waals surface area (Å²) in [6.07, 6.45) is 1.70. The maximum absolute atomic E-state index is 11.6. The third-order valence-electron chi connectivity index (χ3n) is 4.69. The molecule has 1 amide bonds. The lowest BCUT2D eigenvalue weighted by atomic mass is 9.91. The van der Waals surface area contributed by atoms with Crippen LogP contribution in [0.2, 0.25) is 0 Å². The Morgan fingerprint density at radius 3 is 2.19 bits per heavy atom. The summed E-state index contributed by atoms with van der Waals surface area (Å²) >= 11 is 0. The Hall–Kier alpha value is -1.18. The molecule has 7 nitrogen and oxygen atoms in total. The number of carbonyl (C=O) groups is 2. The largest absolute Gasteiger partial charge is 0.463 e. The van der Waals surface area contributed by atoms with E-state index in [9.17, 15) is 9.59 Å². The molecule has 160 valence electrons. The maximum Gasteiger partial charge on any atom is 0.311 e. The number of ether oxygens (including phenoxy) is 4. The van der Waals surface area contributed by atoms with Crippen molar-refractivity contribution in [1.82, 2.24) is 4.90 Å². The lowest BCUT2D eigenvalue weighted by Crippen LogP contribution is -2.43. The highest BCUT2D eigenvalue weighted by molar-refractivity contribution is 5.78. The molecule has 1 unspecified atom stereocenters. The van der Waals surface area contributed by atoms with Crippen LogP contribution in [0.4, 0.5) is 0 Å². The molecular formula is C20H39NO6. The lowest BCUT2D eigenvalue weighted by molar-refractivity contribution is -0.155. The van der Waals surface area contributed by atoms with Crippen molar-refractivity contribution in [2.75, 3.05) is 59.8 Å². The monoisotopic (exact) mass is 389 g/mol. The summed E-state index contributed by atoms with van der Waals surface area (Å²) in [5, 5.41) is 0. The average molecular weight is 390 g/mol. The molecule has 0 spiro atoms. The molecule has 0 aromatic heterocycles. The van der Waals surface area contributed by atoms with Crippen molar-refractivity contribution in [3.05, 3.63) is 0 Å². The van der Waals surface area contributed by atoms with Gasteiger partial charge in [-0.25, -0.2) is 0 Å². The van der Waals surface area contributed by atoms with E-state index < -0.39 is 5.41 Å².